The first-order valence-electron chi connectivity index (χ1n) is 5.88. The maximum absolute atomic E-state index is 11.6. The van der Waals surface area contributed by atoms with E-state index in [2.05, 4.69) is 5.32 Å². The van der Waals surface area contributed by atoms with Crippen molar-refractivity contribution in [1.82, 2.24) is 5.32 Å². The van der Waals surface area contributed by atoms with E-state index in [1.165, 1.54) is 0 Å². The summed E-state index contributed by atoms with van der Waals surface area (Å²) >= 11 is 0. The molecular weight excluding hydrogens is 218 g/mol. The minimum absolute atomic E-state index is 0.0595. The van der Waals surface area contributed by atoms with Crippen molar-refractivity contribution < 1.29 is 13.9 Å². The van der Waals surface area contributed by atoms with E-state index >= 15 is 0 Å². The second kappa shape index (κ2) is 5.87. The normalized spacial score (nSPS) is 12.8. The van der Waals surface area contributed by atoms with E-state index in [4.69, 9.17) is 9.15 Å². The average molecular weight is 239 g/mol. The Morgan fingerprint density at radius 2 is 2.06 bits per heavy atom. The second-order valence-electron chi connectivity index (χ2n) is 4.52. The minimum atomic E-state index is -0.107. The lowest BCUT2D eigenvalue weighted by Gasteiger charge is -2.14. The van der Waals surface area contributed by atoms with Crippen molar-refractivity contribution in [3.05, 3.63) is 23.2 Å². The number of nitrogens with one attached hydrogen (secondary N) is 1. The quantitative estimate of drug-likeness (QED) is 0.859. The molecule has 0 bridgehead atoms. The maximum Gasteiger partial charge on any atom is 0.246 e. The van der Waals surface area contributed by atoms with Gasteiger partial charge in [-0.25, -0.2) is 0 Å². The van der Waals surface area contributed by atoms with Gasteiger partial charge in [0.2, 0.25) is 5.91 Å². The summed E-state index contributed by atoms with van der Waals surface area (Å²) < 4.78 is 10.7. The monoisotopic (exact) mass is 239 g/mol. The fraction of sp³-hybridized carbons (Fsp3) is 0.615. The highest BCUT2D eigenvalue weighted by Gasteiger charge is 2.15. The van der Waals surface area contributed by atoms with Gasteiger partial charge >= 0.3 is 0 Å². The number of hydrogen-bond acceptors (Lipinski definition) is 3. The van der Waals surface area contributed by atoms with Crippen LogP contribution in [0.25, 0.3) is 0 Å². The lowest BCUT2D eigenvalue weighted by Crippen LogP contribution is -2.31. The molecule has 96 valence electrons. The largest absolute Gasteiger partial charge is 0.466 e. The van der Waals surface area contributed by atoms with Crippen LogP contribution in [0.15, 0.2) is 10.5 Å². The number of carbonyl (C=O) groups excluding carboxylic acids is 1. The number of aryl methyl sites for hydroxylation is 2. The van der Waals surface area contributed by atoms with Gasteiger partial charge in [0, 0.05) is 5.56 Å². The van der Waals surface area contributed by atoms with Gasteiger partial charge in [-0.3, -0.25) is 4.79 Å². The zero-order chi connectivity index (χ0) is 13.0. The molecular formula is C13H21NO3. The summed E-state index contributed by atoms with van der Waals surface area (Å²) in [6, 6.07) is 1.89. The van der Waals surface area contributed by atoms with Gasteiger partial charge in [-0.1, -0.05) is 0 Å². The summed E-state index contributed by atoms with van der Waals surface area (Å²) in [6.07, 6.45) is 0.0639. The van der Waals surface area contributed by atoms with E-state index in [-0.39, 0.29) is 24.7 Å². The Morgan fingerprint density at radius 1 is 1.41 bits per heavy atom. The molecule has 17 heavy (non-hydrogen) atoms. The van der Waals surface area contributed by atoms with Gasteiger partial charge in [-0.2, -0.15) is 0 Å². The molecule has 0 saturated carbocycles. The molecule has 4 nitrogen and oxygen atoms in total. The van der Waals surface area contributed by atoms with Crippen molar-refractivity contribution in [2.45, 2.75) is 46.8 Å². The van der Waals surface area contributed by atoms with Crippen LogP contribution in [0.2, 0.25) is 0 Å². The minimum Gasteiger partial charge on any atom is -0.466 e. The molecule has 1 unspecified atom stereocenters. The predicted molar refractivity (Wildman–Crippen MR) is 65.8 cm³/mol. The molecule has 1 atom stereocenters. The van der Waals surface area contributed by atoms with Gasteiger partial charge < -0.3 is 14.5 Å². The number of furan rings is 1. The van der Waals surface area contributed by atoms with Crippen LogP contribution in [-0.2, 0) is 9.53 Å². The Balaban J connectivity index is 2.51. The molecule has 0 saturated heterocycles. The van der Waals surface area contributed by atoms with E-state index < -0.39 is 0 Å². The van der Waals surface area contributed by atoms with E-state index in [0.717, 1.165) is 17.1 Å². The molecule has 0 aliphatic rings. The third-order valence-electron chi connectivity index (χ3n) is 2.47. The summed E-state index contributed by atoms with van der Waals surface area (Å²) in [4.78, 5) is 11.6. The van der Waals surface area contributed by atoms with Gasteiger partial charge in [0.25, 0.3) is 0 Å². The number of ether oxygens (including phenoxy) is 1. The highest BCUT2D eigenvalue weighted by molar-refractivity contribution is 5.77. The Morgan fingerprint density at radius 3 is 2.53 bits per heavy atom. The Hall–Kier alpha value is -1.29. The van der Waals surface area contributed by atoms with E-state index in [9.17, 15) is 4.79 Å². The number of hydrogen-bond donors (Lipinski definition) is 1. The van der Waals surface area contributed by atoms with E-state index in [0.29, 0.717) is 0 Å². The van der Waals surface area contributed by atoms with Crippen LogP contribution in [-0.4, -0.2) is 18.6 Å². The molecule has 1 aromatic heterocycles. The predicted octanol–water partition coefficient (Wildman–Crippen LogP) is 2.50. The van der Waals surface area contributed by atoms with Crippen molar-refractivity contribution in [3.63, 3.8) is 0 Å². The first kappa shape index (κ1) is 13.8. The van der Waals surface area contributed by atoms with Crippen LogP contribution < -0.4 is 5.32 Å². The van der Waals surface area contributed by atoms with Crippen molar-refractivity contribution in [3.8, 4) is 0 Å². The number of rotatable bonds is 5. The summed E-state index contributed by atoms with van der Waals surface area (Å²) in [7, 11) is 0. The smallest absolute Gasteiger partial charge is 0.246 e. The average Bonchev–Trinajstić information content (AvgIpc) is 2.55. The molecule has 4 heteroatoms. The Bertz CT molecular complexity index is 382. The van der Waals surface area contributed by atoms with Gasteiger partial charge in [0.05, 0.1) is 12.1 Å². The molecule has 1 aromatic rings. The van der Waals surface area contributed by atoms with Crippen LogP contribution >= 0.6 is 0 Å². The van der Waals surface area contributed by atoms with Crippen molar-refractivity contribution in [1.29, 1.82) is 0 Å². The first-order valence-corrected chi connectivity index (χ1v) is 5.88. The number of amides is 1. The molecule has 1 N–H and O–H groups in total. The molecule has 1 heterocycles. The fourth-order valence-corrected chi connectivity index (χ4v) is 1.68. The van der Waals surface area contributed by atoms with Crippen LogP contribution in [0.1, 0.15) is 43.9 Å². The lowest BCUT2D eigenvalue weighted by atomic mass is 10.1. The number of carbonyl (C=O) groups is 1. The molecule has 0 aromatic carbocycles. The van der Waals surface area contributed by atoms with Crippen LogP contribution in [0.4, 0.5) is 0 Å². The van der Waals surface area contributed by atoms with Crippen molar-refractivity contribution >= 4 is 5.91 Å². The molecule has 0 fully saturated rings. The van der Waals surface area contributed by atoms with Crippen molar-refractivity contribution in [2.75, 3.05) is 6.61 Å². The topological polar surface area (TPSA) is 51.5 Å². The van der Waals surface area contributed by atoms with Crippen LogP contribution in [0.5, 0.6) is 0 Å². The van der Waals surface area contributed by atoms with Gasteiger partial charge in [-0.05, 0) is 40.7 Å². The van der Waals surface area contributed by atoms with E-state index in [1.54, 1.807) is 0 Å². The van der Waals surface area contributed by atoms with Gasteiger partial charge in [0.15, 0.2) is 0 Å². The Kier molecular flexibility index (Phi) is 4.75. The second-order valence-corrected chi connectivity index (χ2v) is 4.52. The summed E-state index contributed by atoms with van der Waals surface area (Å²) in [5, 5.41) is 2.88. The molecule has 0 aliphatic heterocycles. The molecule has 1 rings (SSSR count). The molecule has 1 amide bonds. The van der Waals surface area contributed by atoms with Crippen molar-refractivity contribution in [2.24, 2.45) is 0 Å². The lowest BCUT2D eigenvalue weighted by molar-refractivity contribution is -0.127. The summed E-state index contributed by atoms with van der Waals surface area (Å²) in [5.41, 5.74) is 1.01. The molecule has 0 aliphatic carbocycles. The van der Waals surface area contributed by atoms with Crippen LogP contribution in [0.3, 0.4) is 0 Å². The maximum atomic E-state index is 11.6. The third-order valence-corrected chi connectivity index (χ3v) is 2.47. The summed E-state index contributed by atoms with van der Waals surface area (Å²) in [6.45, 7) is 9.63. The molecule has 0 spiro atoms. The van der Waals surface area contributed by atoms with Gasteiger partial charge in [0.1, 0.15) is 18.1 Å². The zero-order valence-corrected chi connectivity index (χ0v) is 11.2. The Labute approximate surface area is 102 Å². The van der Waals surface area contributed by atoms with Gasteiger partial charge in [-0.15, -0.1) is 0 Å². The highest BCUT2D eigenvalue weighted by Crippen LogP contribution is 2.20. The van der Waals surface area contributed by atoms with E-state index in [1.807, 2.05) is 40.7 Å². The fourth-order valence-electron chi connectivity index (χ4n) is 1.68. The zero-order valence-electron chi connectivity index (χ0n) is 11.2. The highest BCUT2D eigenvalue weighted by atomic mass is 16.5. The first-order chi connectivity index (χ1) is 7.90. The standard InChI is InChI=1S/C13H21NO3/c1-8(2)16-7-13(15)14-10(4)12-6-9(3)17-11(12)5/h6,8,10H,7H2,1-5H3,(H,14,15). The third kappa shape index (κ3) is 4.23. The van der Waals surface area contributed by atoms with Crippen LogP contribution in [0, 0.1) is 13.8 Å². The molecule has 0 radical (unpaired) electrons. The SMILES string of the molecule is Cc1cc(C(C)NC(=O)COC(C)C)c(C)o1. The summed E-state index contributed by atoms with van der Waals surface area (Å²) in [5.74, 6) is 1.60.